The number of thioether (sulfide) groups is 1. The second-order valence-corrected chi connectivity index (χ2v) is 12.4. The van der Waals surface area contributed by atoms with E-state index in [0.29, 0.717) is 12.8 Å². The van der Waals surface area contributed by atoms with Crippen LogP contribution in [0.4, 0.5) is 0 Å². The van der Waals surface area contributed by atoms with Crippen LogP contribution in [0.2, 0.25) is 0 Å². The predicted octanol–water partition coefficient (Wildman–Crippen LogP) is 10.7. The summed E-state index contributed by atoms with van der Waals surface area (Å²) in [6.45, 7) is 12.2. The number of rotatable bonds is 24. The molecule has 0 aliphatic carbocycles. The fourth-order valence-electron chi connectivity index (χ4n) is 4.37. The summed E-state index contributed by atoms with van der Waals surface area (Å²) in [6, 6.07) is 9.48. The highest BCUT2D eigenvalue weighted by Gasteiger charge is 2.19. The van der Waals surface area contributed by atoms with Crippen LogP contribution in [0.25, 0.3) is 0 Å². The number of methoxy groups -OCH3 is 2. The van der Waals surface area contributed by atoms with Crippen LogP contribution >= 0.6 is 11.8 Å². The Bertz CT molecular complexity index is 849. The van der Waals surface area contributed by atoms with E-state index in [-0.39, 0.29) is 36.2 Å². The minimum absolute atomic E-state index is 0.0742. The number of unbranched alkanes of at least 4 members (excludes halogenated alkanes) is 13. The second-order valence-electron chi connectivity index (χ2n) is 11.3. The molecule has 47 heavy (non-hydrogen) atoms. The molecule has 2 N–H and O–H groups in total. The summed E-state index contributed by atoms with van der Waals surface area (Å²) < 4.78 is 14.4. The highest BCUT2D eigenvalue weighted by molar-refractivity contribution is 7.99. The van der Waals surface area contributed by atoms with Gasteiger partial charge in [-0.25, -0.2) is 0 Å². The van der Waals surface area contributed by atoms with Crippen LogP contribution in [-0.2, 0) is 35.2 Å². The third-order valence-corrected chi connectivity index (χ3v) is 7.96. The molecule has 8 heteroatoms. The van der Waals surface area contributed by atoms with Gasteiger partial charge in [-0.2, -0.15) is 11.8 Å². The fourth-order valence-corrected chi connectivity index (χ4v) is 5.01. The van der Waals surface area contributed by atoms with Crippen LogP contribution in [0.1, 0.15) is 155 Å². The molecule has 1 aromatic rings. The Morgan fingerprint density at radius 1 is 0.702 bits per heavy atom. The Kier molecular flexibility index (Phi) is 41.3. The minimum atomic E-state index is -0.311. The molecule has 0 spiro atoms. The van der Waals surface area contributed by atoms with E-state index < -0.39 is 0 Å². The highest BCUT2D eigenvalue weighted by Crippen LogP contribution is 2.16. The van der Waals surface area contributed by atoms with Crippen molar-refractivity contribution in [2.24, 2.45) is 5.73 Å². The van der Waals surface area contributed by atoms with E-state index in [1.807, 2.05) is 50.4 Å². The summed E-state index contributed by atoms with van der Waals surface area (Å²) in [4.78, 5) is 33.8. The number of hydrogen-bond acceptors (Lipinski definition) is 8. The standard InChI is InChI=1S/C20H39NO2.C14H18O4S.C3H8.C2H6/c1-19(21)17-15-13-11-9-7-5-3-4-6-8-10-12-14-16-18-20(22)23-2;1-17-14(16)12(19-2)8-9-13(15)18-10-11-6-4-3-5-7-11;1-3-2;1-2/h1,3-18,21H2,2H3;3-7,12H,8-10H2,1-2H3;3H2,1-2H3;1-2H3. The maximum atomic E-state index is 11.6. The molecule has 0 heterocycles. The molecule has 0 bridgehead atoms. The molecular formula is C39H71NO6S. The summed E-state index contributed by atoms with van der Waals surface area (Å²) in [5, 5.41) is -0.311. The van der Waals surface area contributed by atoms with Gasteiger partial charge in [-0.15, -0.1) is 0 Å². The lowest BCUT2D eigenvalue weighted by molar-refractivity contribution is -0.145. The smallest absolute Gasteiger partial charge is 0.318 e. The van der Waals surface area contributed by atoms with E-state index >= 15 is 0 Å². The van der Waals surface area contributed by atoms with Gasteiger partial charge in [0.1, 0.15) is 11.9 Å². The van der Waals surface area contributed by atoms with E-state index in [0.717, 1.165) is 30.5 Å². The zero-order chi connectivity index (χ0) is 36.0. The normalized spacial score (nSPS) is 10.4. The van der Waals surface area contributed by atoms with Crippen LogP contribution in [0.15, 0.2) is 42.6 Å². The fraction of sp³-hybridized carbons (Fsp3) is 0.718. The van der Waals surface area contributed by atoms with Crippen molar-refractivity contribution in [2.75, 3.05) is 20.5 Å². The van der Waals surface area contributed by atoms with E-state index in [2.05, 4.69) is 29.9 Å². The van der Waals surface area contributed by atoms with Gasteiger partial charge in [0.05, 0.1) is 14.2 Å². The molecule has 1 rings (SSSR count). The molecule has 0 radical (unpaired) electrons. The van der Waals surface area contributed by atoms with Gasteiger partial charge in [-0.05, 0) is 37.5 Å². The van der Waals surface area contributed by atoms with Gasteiger partial charge in [0.25, 0.3) is 0 Å². The van der Waals surface area contributed by atoms with Gasteiger partial charge >= 0.3 is 17.9 Å². The zero-order valence-corrected chi connectivity index (χ0v) is 32.1. The summed E-state index contributed by atoms with van der Waals surface area (Å²) in [5.41, 5.74) is 7.33. The molecule has 0 aromatic heterocycles. The van der Waals surface area contributed by atoms with Gasteiger partial charge in [0, 0.05) is 18.5 Å². The predicted molar refractivity (Wildman–Crippen MR) is 201 cm³/mol. The van der Waals surface area contributed by atoms with Crippen LogP contribution < -0.4 is 5.73 Å². The second kappa shape index (κ2) is 39.7. The highest BCUT2D eigenvalue weighted by atomic mass is 32.2. The SMILES string of the molecule is C=C(N)CCCCCCCCCCCCCCCCC(=O)OC.CC.CCC.COC(=O)C(CCC(=O)OCc1ccccc1)SC. The molecule has 0 saturated heterocycles. The molecule has 1 unspecified atom stereocenters. The Balaban J connectivity index is -0.000000732. The van der Waals surface area contributed by atoms with E-state index in [9.17, 15) is 14.4 Å². The number of esters is 3. The molecular weight excluding hydrogens is 610 g/mol. The maximum absolute atomic E-state index is 11.6. The average Bonchev–Trinajstić information content (AvgIpc) is 3.09. The number of benzene rings is 1. The van der Waals surface area contributed by atoms with Crippen molar-refractivity contribution >= 4 is 29.7 Å². The first-order valence-electron chi connectivity index (χ1n) is 18.1. The van der Waals surface area contributed by atoms with Crippen molar-refractivity contribution in [3.8, 4) is 0 Å². The van der Waals surface area contributed by atoms with Crippen molar-refractivity contribution in [3.05, 3.63) is 48.2 Å². The first-order chi connectivity index (χ1) is 22.7. The summed E-state index contributed by atoms with van der Waals surface area (Å²) >= 11 is 1.38. The molecule has 7 nitrogen and oxygen atoms in total. The average molecular weight is 682 g/mol. The largest absolute Gasteiger partial charge is 0.469 e. The third kappa shape index (κ3) is 37.9. The molecule has 274 valence electrons. The number of ether oxygens (including phenoxy) is 3. The van der Waals surface area contributed by atoms with Crippen LogP contribution in [0.5, 0.6) is 0 Å². The molecule has 1 atom stereocenters. The van der Waals surface area contributed by atoms with Gasteiger partial charge in [-0.1, -0.05) is 148 Å². The Labute approximate surface area is 293 Å². The van der Waals surface area contributed by atoms with Gasteiger partial charge in [0.15, 0.2) is 0 Å². The first kappa shape index (κ1) is 48.9. The molecule has 0 aliphatic rings. The van der Waals surface area contributed by atoms with Crippen molar-refractivity contribution in [3.63, 3.8) is 0 Å². The minimum Gasteiger partial charge on any atom is -0.469 e. The Morgan fingerprint density at radius 3 is 1.51 bits per heavy atom. The number of allylic oxidation sites excluding steroid dienone is 1. The van der Waals surface area contributed by atoms with Crippen LogP contribution in [-0.4, -0.2) is 43.6 Å². The summed E-state index contributed by atoms with van der Waals surface area (Å²) in [7, 11) is 2.81. The van der Waals surface area contributed by atoms with Crippen LogP contribution in [0, 0.1) is 0 Å². The van der Waals surface area contributed by atoms with Crippen LogP contribution in [0.3, 0.4) is 0 Å². The number of nitrogens with two attached hydrogens (primary N) is 1. The van der Waals surface area contributed by atoms with Crippen molar-refractivity contribution in [1.29, 1.82) is 0 Å². The molecule has 0 aliphatic heterocycles. The zero-order valence-electron chi connectivity index (χ0n) is 31.2. The molecule has 0 saturated carbocycles. The quantitative estimate of drug-likeness (QED) is 0.0653. The Hall–Kier alpha value is -2.48. The van der Waals surface area contributed by atoms with Gasteiger partial charge in [0.2, 0.25) is 0 Å². The first-order valence-corrected chi connectivity index (χ1v) is 19.3. The van der Waals surface area contributed by atoms with Crippen molar-refractivity contribution < 1.29 is 28.6 Å². The maximum Gasteiger partial charge on any atom is 0.318 e. The third-order valence-electron chi connectivity index (χ3n) is 6.96. The van der Waals surface area contributed by atoms with E-state index in [4.69, 9.17) is 10.5 Å². The molecule has 0 amide bonds. The van der Waals surface area contributed by atoms with Crippen molar-refractivity contribution in [2.45, 2.75) is 162 Å². The number of carbonyl (C=O) groups is 3. The summed E-state index contributed by atoms with van der Waals surface area (Å²) in [6.07, 6.45) is 23.5. The number of hydrogen-bond donors (Lipinski definition) is 1. The van der Waals surface area contributed by atoms with E-state index in [1.165, 1.54) is 109 Å². The van der Waals surface area contributed by atoms with Gasteiger partial charge < -0.3 is 19.9 Å². The van der Waals surface area contributed by atoms with E-state index in [1.54, 1.807) is 0 Å². The lowest BCUT2D eigenvalue weighted by atomic mass is 10.0. The lowest BCUT2D eigenvalue weighted by Crippen LogP contribution is -2.20. The summed E-state index contributed by atoms with van der Waals surface area (Å²) in [5.74, 6) is -0.676. The monoisotopic (exact) mass is 682 g/mol. The molecule has 1 aromatic carbocycles. The molecule has 0 fully saturated rings. The topological polar surface area (TPSA) is 105 Å². The Morgan fingerprint density at radius 2 is 1.13 bits per heavy atom. The van der Waals surface area contributed by atoms with Gasteiger partial charge in [-0.3, -0.25) is 14.4 Å². The number of carbonyl (C=O) groups excluding carboxylic acids is 3. The van der Waals surface area contributed by atoms with Crippen molar-refractivity contribution in [1.82, 2.24) is 0 Å². The lowest BCUT2D eigenvalue weighted by Gasteiger charge is -2.11.